The highest BCUT2D eigenvalue weighted by Crippen LogP contribution is 2.28. The highest BCUT2D eigenvalue weighted by molar-refractivity contribution is 7.90. The van der Waals surface area contributed by atoms with Gasteiger partial charge < -0.3 is 15.2 Å². The summed E-state index contributed by atoms with van der Waals surface area (Å²) in [5.41, 5.74) is 0.612. The van der Waals surface area contributed by atoms with Crippen molar-refractivity contribution in [1.82, 2.24) is 25.3 Å². The largest absolute Gasteiger partial charge is 0.347 e. The van der Waals surface area contributed by atoms with Gasteiger partial charge in [0.25, 0.3) is 0 Å². The van der Waals surface area contributed by atoms with Gasteiger partial charge in [0.15, 0.2) is 9.84 Å². The van der Waals surface area contributed by atoms with Crippen LogP contribution >= 0.6 is 0 Å². The maximum Gasteiger partial charge on any atom is 0.225 e. The molecule has 24 heavy (non-hydrogen) atoms. The number of sulfone groups is 1. The van der Waals surface area contributed by atoms with Crippen LogP contribution in [0.5, 0.6) is 0 Å². The lowest BCUT2D eigenvalue weighted by atomic mass is 9.96. The summed E-state index contributed by atoms with van der Waals surface area (Å²) in [6.07, 6.45) is 8.02. The van der Waals surface area contributed by atoms with Gasteiger partial charge in [-0.05, 0) is 19.4 Å². The van der Waals surface area contributed by atoms with Gasteiger partial charge in [-0.2, -0.15) is 0 Å². The molecule has 2 aromatic heterocycles. The maximum absolute atomic E-state index is 12.1. The smallest absolute Gasteiger partial charge is 0.225 e. The molecule has 0 radical (unpaired) electrons. The van der Waals surface area contributed by atoms with E-state index in [0.717, 1.165) is 31.8 Å². The van der Waals surface area contributed by atoms with Crippen LogP contribution in [0.15, 0.2) is 23.5 Å². The first-order chi connectivity index (χ1) is 11.4. The summed E-state index contributed by atoms with van der Waals surface area (Å²) < 4.78 is 24.2. The van der Waals surface area contributed by atoms with E-state index in [9.17, 15) is 8.42 Å². The van der Waals surface area contributed by atoms with Gasteiger partial charge in [0.1, 0.15) is 10.7 Å². The van der Waals surface area contributed by atoms with E-state index < -0.39 is 9.84 Å². The Kier molecular flexibility index (Phi) is 4.81. The van der Waals surface area contributed by atoms with Gasteiger partial charge in [-0.25, -0.2) is 23.4 Å². The van der Waals surface area contributed by atoms with Crippen molar-refractivity contribution < 1.29 is 8.42 Å². The second-order valence-electron chi connectivity index (χ2n) is 6.13. The van der Waals surface area contributed by atoms with Crippen LogP contribution in [-0.4, -0.2) is 54.7 Å². The molecule has 0 aliphatic carbocycles. The van der Waals surface area contributed by atoms with Gasteiger partial charge in [-0.1, -0.05) is 0 Å². The molecule has 1 aliphatic rings. The molecule has 0 saturated carbocycles. The van der Waals surface area contributed by atoms with Crippen molar-refractivity contribution in [2.75, 3.05) is 31.3 Å². The first kappa shape index (κ1) is 16.8. The van der Waals surface area contributed by atoms with Crippen molar-refractivity contribution in [2.45, 2.75) is 30.2 Å². The van der Waals surface area contributed by atoms with Gasteiger partial charge in [-0.15, -0.1) is 0 Å². The second-order valence-corrected chi connectivity index (χ2v) is 8.11. The number of aromatic nitrogens is 4. The van der Waals surface area contributed by atoms with Crippen LogP contribution in [0, 0.1) is 0 Å². The molecule has 1 unspecified atom stereocenters. The lowest BCUT2D eigenvalue weighted by molar-refractivity contribution is 0.447. The number of aromatic amines is 1. The number of imidazole rings is 1. The summed E-state index contributed by atoms with van der Waals surface area (Å²) >= 11 is 0. The minimum Gasteiger partial charge on any atom is -0.347 e. The average molecular weight is 350 g/mol. The number of piperidine rings is 1. The Morgan fingerprint density at radius 2 is 2.21 bits per heavy atom. The third kappa shape index (κ3) is 3.73. The zero-order valence-electron chi connectivity index (χ0n) is 13.9. The van der Waals surface area contributed by atoms with Crippen LogP contribution in [-0.2, 0) is 16.4 Å². The lowest BCUT2D eigenvalue weighted by Crippen LogP contribution is -2.30. The van der Waals surface area contributed by atoms with Crippen molar-refractivity contribution >= 4 is 15.8 Å². The highest BCUT2D eigenvalue weighted by atomic mass is 32.2. The molecule has 0 amide bonds. The first-order valence-electron chi connectivity index (χ1n) is 7.92. The Balaban J connectivity index is 1.94. The fraction of sp³-hybridized carbons (Fsp3) is 0.533. The van der Waals surface area contributed by atoms with Gasteiger partial charge in [0, 0.05) is 38.2 Å². The van der Waals surface area contributed by atoms with E-state index in [0.29, 0.717) is 18.2 Å². The molecule has 3 heterocycles. The lowest BCUT2D eigenvalue weighted by Gasteiger charge is -2.25. The van der Waals surface area contributed by atoms with E-state index in [1.807, 2.05) is 11.9 Å². The molecule has 1 aliphatic heterocycles. The fourth-order valence-electron chi connectivity index (χ4n) is 2.90. The van der Waals surface area contributed by atoms with Gasteiger partial charge >= 0.3 is 0 Å². The summed E-state index contributed by atoms with van der Waals surface area (Å²) in [6.45, 7) is 2.22. The zero-order valence-corrected chi connectivity index (χ0v) is 14.7. The number of hydrogen-bond acceptors (Lipinski definition) is 7. The summed E-state index contributed by atoms with van der Waals surface area (Å²) in [6, 6.07) is 0. The number of hydrogen-bond donors (Lipinski definition) is 2. The topological polar surface area (TPSA) is 104 Å². The van der Waals surface area contributed by atoms with Gasteiger partial charge in [0.05, 0.1) is 18.4 Å². The summed E-state index contributed by atoms with van der Waals surface area (Å²) in [5, 5.41) is 3.31. The third-order valence-electron chi connectivity index (χ3n) is 4.14. The van der Waals surface area contributed by atoms with Crippen molar-refractivity contribution in [2.24, 2.45) is 0 Å². The molecular formula is C15H22N6O2S. The van der Waals surface area contributed by atoms with Crippen LogP contribution < -0.4 is 10.2 Å². The Bertz CT molecular complexity index is 784. The monoisotopic (exact) mass is 350 g/mol. The predicted molar refractivity (Wildman–Crippen MR) is 90.7 cm³/mol. The normalized spacial score (nSPS) is 18.5. The van der Waals surface area contributed by atoms with Crippen molar-refractivity contribution in [3.05, 3.63) is 30.1 Å². The Labute approximate surface area is 141 Å². The number of nitrogens with zero attached hydrogens (tertiary/aromatic N) is 4. The van der Waals surface area contributed by atoms with E-state index in [1.165, 1.54) is 12.5 Å². The van der Waals surface area contributed by atoms with Crippen LogP contribution in [0.4, 0.5) is 5.95 Å². The fourth-order valence-corrected chi connectivity index (χ4v) is 3.74. The second kappa shape index (κ2) is 6.86. The van der Waals surface area contributed by atoms with E-state index >= 15 is 0 Å². The summed E-state index contributed by atoms with van der Waals surface area (Å²) in [4.78, 5) is 18.2. The van der Waals surface area contributed by atoms with Crippen molar-refractivity contribution in [3.63, 3.8) is 0 Å². The molecule has 2 N–H and O–H groups in total. The molecule has 1 fully saturated rings. The molecule has 8 nitrogen and oxygen atoms in total. The van der Waals surface area contributed by atoms with Gasteiger partial charge in [-0.3, -0.25) is 0 Å². The molecule has 1 saturated heterocycles. The van der Waals surface area contributed by atoms with Crippen molar-refractivity contribution in [3.8, 4) is 0 Å². The van der Waals surface area contributed by atoms with Crippen molar-refractivity contribution in [1.29, 1.82) is 0 Å². The van der Waals surface area contributed by atoms with Crippen LogP contribution in [0.1, 0.15) is 30.3 Å². The van der Waals surface area contributed by atoms with E-state index in [4.69, 9.17) is 0 Å². The highest BCUT2D eigenvalue weighted by Gasteiger charge is 2.26. The predicted octanol–water partition coefficient (Wildman–Crippen LogP) is 0.707. The first-order valence-corrected chi connectivity index (χ1v) is 9.81. The molecule has 3 rings (SSSR count). The number of rotatable bonds is 5. The average Bonchev–Trinajstić information content (AvgIpc) is 3.07. The van der Waals surface area contributed by atoms with E-state index in [2.05, 4.69) is 25.3 Å². The molecule has 9 heteroatoms. The van der Waals surface area contributed by atoms with Crippen LogP contribution in [0.3, 0.4) is 0 Å². The molecule has 2 aromatic rings. The quantitative estimate of drug-likeness (QED) is 0.818. The molecular weight excluding hydrogens is 328 g/mol. The Hall–Kier alpha value is -2.00. The maximum atomic E-state index is 12.1. The minimum absolute atomic E-state index is 0.0854. The third-order valence-corrected chi connectivity index (χ3v) is 5.25. The Morgan fingerprint density at radius 3 is 2.83 bits per heavy atom. The summed E-state index contributed by atoms with van der Waals surface area (Å²) in [7, 11) is -1.50. The van der Waals surface area contributed by atoms with Gasteiger partial charge in [0.2, 0.25) is 5.95 Å². The number of nitrogens with one attached hydrogen (secondary N) is 2. The molecule has 0 spiro atoms. The summed E-state index contributed by atoms with van der Waals surface area (Å²) in [5.74, 6) is 1.38. The molecule has 0 bridgehead atoms. The van der Waals surface area contributed by atoms with E-state index in [-0.39, 0.29) is 10.8 Å². The zero-order chi connectivity index (χ0) is 17.2. The molecule has 130 valence electrons. The number of H-pyrrole nitrogens is 1. The number of anilines is 1. The molecule has 1 atom stereocenters. The van der Waals surface area contributed by atoms with E-state index in [1.54, 1.807) is 12.4 Å². The van der Waals surface area contributed by atoms with Crippen LogP contribution in [0.25, 0.3) is 0 Å². The Morgan fingerprint density at radius 1 is 1.38 bits per heavy atom. The molecule has 0 aromatic carbocycles. The van der Waals surface area contributed by atoms with Crippen LogP contribution in [0.2, 0.25) is 0 Å². The minimum atomic E-state index is -3.37. The standard InChI is InChI=1S/C15H22N6O2S/c1-21(10-13-17-6-7-18-13)15-19-9-12(24(2,22)23)14(20-15)11-4-3-5-16-8-11/h6-7,9,11,16H,3-5,8,10H2,1-2H3,(H,17,18). The SMILES string of the molecule is CN(Cc1ncc[nH]1)c1ncc(S(C)(=O)=O)c(C2CCCNC2)n1.